The van der Waals surface area contributed by atoms with Crippen LogP contribution in [0.2, 0.25) is 0 Å². The number of hydrogen-bond acceptors (Lipinski definition) is 3. The lowest BCUT2D eigenvalue weighted by Gasteiger charge is -2.21. The van der Waals surface area contributed by atoms with E-state index in [9.17, 15) is 0 Å². The first-order chi connectivity index (χ1) is 7.39. The lowest BCUT2D eigenvalue weighted by atomic mass is 10.0. The van der Waals surface area contributed by atoms with Crippen molar-refractivity contribution in [3.05, 3.63) is 0 Å². The fraction of sp³-hybridized carbons (Fsp3) is 1.00. The van der Waals surface area contributed by atoms with Gasteiger partial charge in [0.05, 0.1) is 0 Å². The highest BCUT2D eigenvalue weighted by molar-refractivity contribution is 4.62. The van der Waals surface area contributed by atoms with Crippen LogP contribution in [-0.4, -0.2) is 45.2 Å². The standard InChI is InChI=1S/C6H12.C5H12N2.CH5N/c1-2-4-6-5-3-1;1-7-4-2-6-3-5-7;1-2/h1-6H2;6H,2-5H2,1H3;2H2,1H3. The van der Waals surface area contributed by atoms with Crippen molar-refractivity contribution in [3.8, 4) is 0 Å². The van der Waals surface area contributed by atoms with Gasteiger partial charge in [0.25, 0.3) is 0 Å². The first-order valence-corrected chi connectivity index (χ1v) is 6.36. The van der Waals surface area contributed by atoms with Crippen molar-refractivity contribution in [2.75, 3.05) is 40.3 Å². The monoisotopic (exact) mass is 215 g/mol. The third-order valence-electron chi connectivity index (χ3n) is 2.84. The first kappa shape index (κ1) is 14.9. The smallest absolute Gasteiger partial charge is 0.0104 e. The minimum atomic E-state index is 1.16. The zero-order chi connectivity index (χ0) is 11.4. The lowest BCUT2D eigenvalue weighted by Crippen LogP contribution is -2.40. The van der Waals surface area contributed by atoms with Gasteiger partial charge in [-0.2, -0.15) is 0 Å². The number of likely N-dealkylation sites (N-methyl/N-ethyl adjacent to an activating group) is 1. The normalized spacial score (nSPS) is 21.8. The van der Waals surface area contributed by atoms with Crippen molar-refractivity contribution in [2.24, 2.45) is 5.73 Å². The van der Waals surface area contributed by atoms with Gasteiger partial charge in [-0.15, -0.1) is 0 Å². The number of nitrogens with zero attached hydrogens (tertiary/aromatic N) is 1. The maximum atomic E-state index is 4.50. The molecule has 3 heteroatoms. The molecular formula is C12H29N3. The van der Waals surface area contributed by atoms with E-state index in [0.717, 1.165) is 13.1 Å². The minimum absolute atomic E-state index is 1.16. The summed E-state index contributed by atoms with van der Waals surface area (Å²) < 4.78 is 0. The number of nitrogens with one attached hydrogen (secondary N) is 1. The predicted octanol–water partition coefficient (Wildman–Crippen LogP) is 1.44. The Kier molecular flexibility index (Phi) is 11.9. The van der Waals surface area contributed by atoms with Crippen LogP contribution in [0.25, 0.3) is 0 Å². The molecule has 3 nitrogen and oxygen atoms in total. The van der Waals surface area contributed by atoms with Gasteiger partial charge in [-0.3, -0.25) is 0 Å². The second-order valence-electron chi connectivity index (χ2n) is 4.17. The summed E-state index contributed by atoms with van der Waals surface area (Å²) in [6.07, 6.45) is 9.00. The largest absolute Gasteiger partial charge is 0.333 e. The van der Waals surface area contributed by atoms with Crippen molar-refractivity contribution in [1.29, 1.82) is 0 Å². The van der Waals surface area contributed by atoms with Crippen molar-refractivity contribution in [1.82, 2.24) is 10.2 Å². The molecule has 2 aliphatic rings. The zero-order valence-electron chi connectivity index (χ0n) is 10.6. The van der Waals surface area contributed by atoms with Crippen molar-refractivity contribution in [2.45, 2.75) is 38.5 Å². The SMILES string of the molecule is C1CCCCC1.CN.CN1CCNCC1. The Morgan fingerprint density at radius 2 is 1.13 bits per heavy atom. The van der Waals surface area contributed by atoms with Crippen LogP contribution in [0.4, 0.5) is 0 Å². The molecule has 0 aromatic carbocycles. The van der Waals surface area contributed by atoms with E-state index in [0.29, 0.717) is 0 Å². The molecule has 0 aromatic heterocycles. The summed E-state index contributed by atoms with van der Waals surface area (Å²) in [4.78, 5) is 2.33. The summed E-state index contributed by atoms with van der Waals surface area (Å²) in [5.41, 5.74) is 4.50. The Hall–Kier alpha value is -0.120. The molecule has 3 N–H and O–H groups in total. The molecule has 2 rings (SSSR count). The number of nitrogens with two attached hydrogens (primary N) is 1. The molecule has 1 heterocycles. The maximum absolute atomic E-state index is 4.50. The van der Waals surface area contributed by atoms with Gasteiger partial charge in [-0.05, 0) is 14.1 Å². The van der Waals surface area contributed by atoms with E-state index >= 15 is 0 Å². The summed E-state index contributed by atoms with van der Waals surface area (Å²) in [7, 11) is 3.65. The summed E-state index contributed by atoms with van der Waals surface area (Å²) in [5.74, 6) is 0. The van der Waals surface area contributed by atoms with Crippen LogP contribution in [0.5, 0.6) is 0 Å². The van der Waals surface area contributed by atoms with Crippen molar-refractivity contribution < 1.29 is 0 Å². The fourth-order valence-corrected chi connectivity index (χ4v) is 1.84. The minimum Gasteiger partial charge on any atom is -0.333 e. The van der Waals surface area contributed by atoms with Crippen LogP contribution in [0.1, 0.15) is 38.5 Å². The predicted molar refractivity (Wildman–Crippen MR) is 68.2 cm³/mol. The molecule has 0 bridgehead atoms. The average molecular weight is 215 g/mol. The molecule has 0 atom stereocenters. The molecule has 0 radical (unpaired) electrons. The van der Waals surface area contributed by atoms with E-state index in [1.807, 2.05) is 0 Å². The second-order valence-corrected chi connectivity index (χ2v) is 4.17. The highest BCUT2D eigenvalue weighted by Crippen LogP contribution is 2.15. The average Bonchev–Trinajstić information content (AvgIpc) is 2.36. The zero-order valence-corrected chi connectivity index (χ0v) is 10.6. The van der Waals surface area contributed by atoms with E-state index in [1.54, 1.807) is 0 Å². The maximum Gasteiger partial charge on any atom is 0.0104 e. The second kappa shape index (κ2) is 12.0. The van der Waals surface area contributed by atoms with Gasteiger partial charge in [-0.1, -0.05) is 38.5 Å². The Bertz CT molecular complexity index is 95.9. The van der Waals surface area contributed by atoms with Crippen LogP contribution in [0.15, 0.2) is 0 Å². The van der Waals surface area contributed by atoms with Gasteiger partial charge < -0.3 is 16.0 Å². The van der Waals surface area contributed by atoms with Crippen LogP contribution in [0.3, 0.4) is 0 Å². The van der Waals surface area contributed by atoms with Gasteiger partial charge in [-0.25, -0.2) is 0 Å². The van der Waals surface area contributed by atoms with Crippen LogP contribution in [-0.2, 0) is 0 Å². The molecule has 92 valence electrons. The quantitative estimate of drug-likeness (QED) is 0.642. The Morgan fingerprint density at radius 3 is 1.33 bits per heavy atom. The van der Waals surface area contributed by atoms with E-state index in [1.165, 1.54) is 58.7 Å². The van der Waals surface area contributed by atoms with Crippen LogP contribution in [0, 0.1) is 0 Å². The molecule has 0 aromatic rings. The topological polar surface area (TPSA) is 41.3 Å². The van der Waals surface area contributed by atoms with Crippen molar-refractivity contribution in [3.63, 3.8) is 0 Å². The van der Waals surface area contributed by atoms with Crippen molar-refractivity contribution >= 4 is 0 Å². The molecule has 1 aliphatic heterocycles. The molecule has 1 aliphatic carbocycles. The summed E-state index contributed by atoms with van der Waals surface area (Å²) >= 11 is 0. The van der Waals surface area contributed by atoms with Gasteiger partial charge in [0, 0.05) is 26.2 Å². The Morgan fingerprint density at radius 1 is 0.800 bits per heavy atom. The summed E-state index contributed by atoms with van der Waals surface area (Å²) in [5, 5.41) is 3.27. The van der Waals surface area contributed by atoms with Gasteiger partial charge >= 0.3 is 0 Å². The fourth-order valence-electron chi connectivity index (χ4n) is 1.84. The van der Waals surface area contributed by atoms with Gasteiger partial charge in [0.2, 0.25) is 0 Å². The summed E-state index contributed by atoms with van der Waals surface area (Å²) in [6, 6.07) is 0. The highest BCUT2D eigenvalue weighted by atomic mass is 15.2. The van der Waals surface area contributed by atoms with Crippen LogP contribution >= 0.6 is 0 Å². The third kappa shape index (κ3) is 10.2. The van der Waals surface area contributed by atoms with Crippen LogP contribution < -0.4 is 11.1 Å². The van der Waals surface area contributed by atoms with E-state index in [4.69, 9.17) is 0 Å². The number of hydrogen-bond donors (Lipinski definition) is 2. The molecule has 0 unspecified atom stereocenters. The Balaban J connectivity index is 0.000000227. The first-order valence-electron chi connectivity index (χ1n) is 6.36. The molecule has 0 spiro atoms. The van der Waals surface area contributed by atoms with E-state index in [-0.39, 0.29) is 0 Å². The molecule has 2 fully saturated rings. The number of rotatable bonds is 0. The molecule has 0 amide bonds. The number of piperazine rings is 1. The summed E-state index contributed by atoms with van der Waals surface area (Å²) in [6.45, 7) is 4.74. The molecule has 1 saturated carbocycles. The lowest BCUT2D eigenvalue weighted by molar-refractivity contribution is 0.291. The molecule has 1 saturated heterocycles. The van der Waals surface area contributed by atoms with Gasteiger partial charge in [0.1, 0.15) is 0 Å². The molecule has 15 heavy (non-hydrogen) atoms. The molecular weight excluding hydrogens is 186 g/mol. The third-order valence-corrected chi connectivity index (χ3v) is 2.84. The van der Waals surface area contributed by atoms with E-state index < -0.39 is 0 Å². The van der Waals surface area contributed by atoms with E-state index in [2.05, 4.69) is 23.0 Å². The van der Waals surface area contributed by atoms with Gasteiger partial charge in [0.15, 0.2) is 0 Å². The highest BCUT2D eigenvalue weighted by Gasteiger charge is 2.01. The Labute approximate surface area is 95.4 Å².